The molecule has 0 saturated heterocycles. The van der Waals surface area contributed by atoms with Gasteiger partial charge in [0.15, 0.2) is 0 Å². The van der Waals surface area contributed by atoms with Crippen molar-refractivity contribution in [3.63, 3.8) is 0 Å². The fourth-order valence-corrected chi connectivity index (χ4v) is 1.37. The third kappa shape index (κ3) is 4.01. The first-order chi connectivity index (χ1) is 7.26. The number of hydrogen-bond donors (Lipinski definition) is 1. The van der Waals surface area contributed by atoms with Crippen molar-refractivity contribution in [1.29, 1.82) is 5.26 Å². The van der Waals surface area contributed by atoms with Crippen LogP contribution in [0.25, 0.3) is 0 Å². The number of nitrogens with zero attached hydrogens (tertiary/aromatic N) is 1. The van der Waals surface area contributed by atoms with Crippen LogP contribution in [-0.4, -0.2) is 18.3 Å². The lowest BCUT2D eigenvalue weighted by Gasteiger charge is -2.07. The first-order valence-corrected chi connectivity index (χ1v) is 4.94. The standard InChI is InChI=1S/C12H15NO2/c1-15-12-4-2-3-10(9-12)5-6-11(14)7-8-13/h2-4,9,11,14H,5-7H2,1H3. The van der Waals surface area contributed by atoms with Gasteiger partial charge in [-0.3, -0.25) is 0 Å². The van der Waals surface area contributed by atoms with Crippen LogP contribution in [0.5, 0.6) is 5.75 Å². The van der Waals surface area contributed by atoms with Gasteiger partial charge in [0.05, 0.1) is 25.7 Å². The smallest absolute Gasteiger partial charge is 0.119 e. The van der Waals surface area contributed by atoms with Gasteiger partial charge in [0.2, 0.25) is 0 Å². The number of hydrogen-bond acceptors (Lipinski definition) is 3. The summed E-state index contributed by atoms with van der Waals surface area (Å²) >= 11 is 0. The van der Waals surface area contributed by atoms with E-state index in [2.05, 4.69) is 0 Å². The molecule has 0 fully saturated rings. The maximum atomic E-state index is 9.38. The second kappa shape index (κ2) is 6.05. The molecule has 1 unspecified atom stereocenters. The van der Waals surface area contributed by atoms with Crippen LogP contribution in [0, 0.1) is 11.3 Å². The first-order valence-electron chi connectivity index (χ1n) is 4.94. The topological polar surface area (TPSA) is 53.2 Å². The molecule has 0 radical (unpaired) electrons. The van der Waals surface area contributed by atoms with Gasteiger partial charge >= 0.3 is 0 Å². The summed E-state index contributed by atoms with van der Waals surface area (Å²) in [6.07, 6.45) is 1.05. The summed E-state index contributed by atoms with van der Waals surface area (Å²) in [4.78, 5) is 0. The van der Waals surface area contributed by atoms with Crippen molar-refractivity contribution in [2.24, 2.45) is 0 Å². The van der Waals surface area contributed by atoms with Crippen molar-refractivity contribution in [2.75, 3.05) is 7.11 Å². The number of rotatable bonds is 5. The lowest BCUT2D eigenvalue weighted by atomic mass is 10.1. The van der Waals surface area contributed by atoms with Crippen LogP contribution < -0.4 is 4.74 Å². The number of ether oxygens (including phenoxy) is 1. The molecule has 1 aromatic carbocycles. The van der Waals surface area contributed by atoms with E-state index >= 15 is 0 Å². The summed E-state index contributed by atoms with van der Waals surface area (Å²) in [7, 11) is 1.63. The first kappa shape index (κ1) is 11.5. The molecule has 1 aromatic rings. The largest absolute Gasteiger partial charge is 0.497 e. The van der Waals surface area contributed by atoms with E-state index in [1.807, 2.05) is 30.3 Å². The monoisotopic (exact) mass is 205 g/mol. The SMILES string of the molecule is COc1cccc(CCC(O)CC#N)c1. The Balaban J connectivity index is 2.47. The number of methoxy groups -OCH3 is 1. The Morgan fingerprint density at radius 3 is 3.00 bits per heavy atom. The van der Waals surface area contributed by atoms with Crippen LogP contribution in [0.3, 0.4) is 0 Å². The van der Waals surface area contributed by atoms with Gasteiger partial charge in [0.25, 0.3) is 0 Å². The van der Waals surface area contributed by atoms with Crippen molar-refractivity contribution in [2.45, 2.75) is 25.4 Å². The maximum Gasteiger partial charge on any atom is 0.119 e. The fourth-order valence-electron chi connectivity index (χ4n) is 1.37. The molecule has 80 valence electrons. The molecular weight excluding hydrogens is 190 g/mol. The van der Waals surface area contributed by atoms with Crippen LogP contribution in [0.15, 0.2) is 24.3 Å². The number of aliphatic hydroxyl groups is 1. The van der Waals surface area contributed by atoms with E-state index in [9.17, 15) is 5.11 Å². The van der Waals surface area contributed by atoms with Gasteiger partial charge in [-0.2, -0.15) is 5.26 Å². The quantitative estimate of drug-likeness (QED) is 0.798. The van der Waals surface area contributed by atoms with Gasteiger partial charge in [-0.1, -0.05) is 12.1 Å². The van der Waals surface area contributed by atoms with E-state index in [1.165, 1.54) is 0 Å². The van der Waals surface area contributed by atoms with Crippen LogP contribution in [-0.2, 0) is 6.42 Å². The van der Waals surface area contributed by atoms with Gasteiger partial charge in [-0.15, -0.1) is 0 Å². The van der Waals surface area contributed by atoms with E-state index in [0.29, 0.717) is 6.42 Å². The number of nitriles is 1. The highest BCUT2D eigenvalue weighted by Gasteiger charge is 2.04. The minimum atomic E-state index is -0.527. The average Bonchev–Trinajstić information content (AvgIpc) is 2.27. The van der Waals surface area contributed by atoms with Crippen molar-refractivity contribution in [1.82, 2.24) is 0 Å². The van der Waals surface area contributed by atoms with E-state index in [1.54, 1.807) is 7.11 Å². The Labute approximate surface area is 89.9 Å². The predicted octanol–water partition coefficient (Wildman–Crippen LogP) is 1.90. The second-order valence-electron chi connectivity index (χ2n) is 3.41. The fraction of sp³-hybridized carbons (Fsp3) is 0.417. The Morgan fingerprint density at radius 2 is 2.33 bits per heavy atom. The Morgan fingerprint density at radius 1 is 1.53 bits per heavy atom. The lowest BCUT2D eigenvalue weighted by Crippen LogP contribution is -2.06. The molecule has 0 aliphatic heterocycles. The Bertz CT molecular complexity index is 344. The third-order valence-corrected chi connectivity index (χ3v) is 2.23. The second-order valence-corrected chi connectivity index (χ2v) is 3.41. The van der Waals surface area contributed by atoms with Gasteiger partial charge in [-0.05, 0) is 30.5 Å². The zero-order valence-corrected chi connectivity index (χ0v) is 8.81. The normalized spacial score (nSPS) is 11.8. The zero-order chi connectivity index (χ0) is 11.1. The predicted molar refractivity (Wildman–Crippen MR) is 57.6 cm³/mol. The Kier molecular flexibility index (Phi) is 4.65. The molecule has 0 spiro atoms. The molecule has 0 aromatic heterocycles. The highest BCUT2D eigenvalue weighted by atomic mass is 16.5. The van der Waals surface area contributed by atoms with Gasteiger partial charge < -0.3 is 9.84 Å². The lowest BCUT2D eigenvalue weighted by molar-refractivity contribution is 0.170. The summed E-state index contributed by atoms with van der Waals surface area (Å²) < 4.78 is 5.09. The molecule has 0 aliphatic rings. The van der Waals surface area contributed by atoms with Gasteiger partial charge in [0, 0.05) is 0 Å². The summed E-state index contributed by atoms with van der Waals surface area (Å²) in [6.45, 7) is 0. The number of benzene rings is 1. The molecule has 3 nitrogen and oxygen atoms in total. The van der Waals surface area contributed by atoms with Crippen molar-refractivity contribution < 1.29 is 9.84 Å². The van der Waals surface area contributed by atoms with Gasteiger partial charge in [-0.25, -0.2) is 0 Å². The number of aryl methyl sites for hydroxylation is 1. The summed E-state index contributed by atoms with van der Waals surface area (Å²) in [5, 5.41) is 17.8. The highest BCUT2D eigenvalue weighted by molar-refractivity contribution is 5.28. The molecule has 1 rings (SSSR count). The van der Waals surface area contributed by atoms with E-state index in [-0.39, 0.29) is 6.42 Å². The van der Waals surface area contributed by atoms with Crippen molar-refractivity contribution >= 4 is 0 Å². The zero-order valence-electron chi connectivity index (χ0n) is 8.81. The molecular formula is C12H15NO2. The Hall–Kier alpha value is -1.53. The molecule has 0 aliphatic carbocycles. The molecule has 3 heteroatoms. The molecule has 0 amide bonds. The van der Waals surface area contributed by atoms with Crippen LogP contribution in [0.2, 0.25) is 0 Å². The van der Waals surface area contributed by atoms with Crippen LogP contribution in [0.1, 0.15) is 18.4 Å². The molecule has 0 bridgehead atoms. The molecule has 1 atom stereocenters. The molecule has 0 saturated carbocycles. The van der Waals surface area contributed by atoms with E-state index < -0.39 is 6.10 Å². The van der Waals surface area contributed by atoms with E-state index in [4.69, 9.17) is 10.00 Å². The average molecular weight is 205 g/mol. The molecule has 15 heavy (non-hydrogen) atoms. The minimum Gasteiger partial charge on any atom is -0.497 e. The number of aliphatic hydroxyl groups excluding tert-OH is 1. The molecule has 0 heterocycles. The van der Waals surface area contributed by atoms with Crippen molar-refractivity contribution in [3.8, 4) is 11.8 Å². The van der Waals surface area contributed by atoms with E-state index in [0.717, 1.165) is 17.7 Å². The van der Waals surface area contributed by atoms with Crippen LogP contribution in [0.4, 0.5) is 0 Å². The summed E-state index contributed by atoms with van der Waals surface area (Å²) in [5.41, 5.74) is 1.12. The summed E-state index contributed by atoms with van der Waals surface area (Å²) in [5.74, 6) is 0.822. The third-order valence-electron chi connectivity index (χ3n) is 2.23. The minimum absolute atomic E-state index is 0.198. The van der Waals surface area contributed by atoms with Crippen LogP contribution >= 0.6 is 0 Å². The molecule has 1 N–H and O–H groups in total. The highest BCUT2D eigenvalue weighted by Crippen LogP contribution is 2.14. The maximum absolute atomic E-state index is 9.38. The van der Waals surface area contributed by atoms with Crippen molar-refractivity contribution in [3.05, 3.63) is 29.8 Å². The summed E-state index contributed by atoms with van der Waals surface area (Å²) in [6, 6.07) is 9.69. The van der Waals surface area contributed by atoms with Gasteiger partial charge in [0.1, 0.15) is 5.75 Å².